The van der Waals surface area contributed by atoms with E-state index < -0.39 is 0 Å². The molecular weight excluding hydrogens is 243 g/mol. The van der Waals surface area contributed by atoms with Crippen molar-refractivity contribution in [3.05, 3.63) is 0 Å². The molecule has 0 saturated carbocycles. The van der Waals surface area contributed by atoms with Gasteiger partial charge in [-0.3, -0.25) is 0 Å². The third-order valence-electron chi connectivity index (χ3n) is 0.486. The molecule has 0 aliphatic rings. The predicted octanol–water partition coefficient (Wildman–Crippen LogP) is -0.521. The van der Waals surface area contributed by atoms with Crippen molar-refractivity contribution in [2.24, 2.45) is 11.5 Å². The van der Waals surface area contributed by atoms with Gasteiger partial charge in [-0.05, 0) is 0 Å². The molecule has 82 valence electrons. The molecule has 0 heterocycles. The van der Waals surface area contributed by atoms with Crippen molar-refractivity contribution in [2.45, 2.75) is 0 Å². The number of hydrogen-bond donors (Lipinski definition) is 2. The molecule has 8 heteroatoms. The van der Waals surface area contributed by atoms with E-state index in [2.05, 4.69) is 0 Å². The summed E-state index contributed by atoms with van der Waals surface area (Å²) in [6.07, 6.45) is 0. The van der Waals surface area contributed by atoms with Gasteiger partial charge in [-0.1, -0.05) is 21.6 Å². The van der Waals surface area contributed by atoms with Gasteiger partial charge < -0.3 is 22.4 Å². The smallest absolute Gasteiger partial charge is 0.0160 e. The van der Waals surface area contributed by atoms with Crippen LogP contribution in [0.2, 0.25) is 0 Å². The molecule has 0 atom stereocenters. The highest BCUT2D eigenvalue weighted by Crippen LogP contribution is 2.18. The molecule has 0 aromatic heterocycles. The highest BCUT2D eigenvalue weighted by atomic mass is 35.5. The Morgan fingerprint density at radius 3 is 1.17 bits per heavy atom. The van der Waals surface area contributed by atoms with Gasteiger partial charge in [-0.25, -0.2) is 0 Å². The lowest BCUT2D eigenvalue weighted by atomic mass is 10.8. The monoisotopic (exact) mass is 260 g/mol. The Kier molecular flexibility index (Phi) is 72.0. The molecule has 0 amide bonds. The highest BCUT2D eigenvalue weighted by molar-refractivity contribution is 8.76. The van der Waals surface area contributed by atoms with Crippen LogP contribution in [0.5, 0.6) is 0 Å². The van der Waals surface area contributed by atoms with Crippen molar-refractivity contribution < 1.29 is 11.0 Å². The molecule has 0 unspecified atom stereocenters. The number of nitrogens with two attached hydrogens (primary N) is 2. The zero-order chi connectivity index (χ0) is 6.24. The molecular formula is C4H18Cl2N2O2S2. The fourth-order valence-corrected chi connectivity index (χ4v) is 1.93. The summed E-state index contributed by atoms with van der Waals surface area (Å²) in [7, 11) is 3.58. The van der Waals surface area contributed by atoms with Crippen LogP contribution in [0.25, 0.3) is 0 Å². The first kappa shape index (κ1) is 29.2. The van der Waals surface area contributed by atoms with Gasteiger partial charge in [0.2, 0.25) is 0 Å². The Hall–Kier alpha value is 1.12. The molecule has 0 saturated heterocycles. The van der Waals surface area contributed by atoms with Gasteiger partial charge in [0.05, 0.1) is 0 Å². The Balaban J connectivity index is -0.0000000408. The molecule has 0 bridgehead atoms. The maximum Gasteiger partial charge on any atom is 0.0160 e. The minimum atomic E-state index is 0. The summed E-state index contributed by atoms with van der Waals surface area (Å²) in [5.74, 6) is 2.06. The highest BCUT2D eigenvalue weighted by Gasteiger charge is 1.84. The summed E-state index contributed by atoms with van der Waals surface area (Å²) in [4.78, 5) is 0. The largest absolute Gasteiger partial charge is 0.412 e. The van der Waals surface area contributed by atoms with Crippen LogP contribution in [0.4, 0.5) is 0 Å². The second-order valence-electron chi connectivity index (χ2n) is 1.22. The van der Waals surface area contributed by atoms with E-state index in [9.17, 15) is 0 Å². The molecule has 4 nitrogen and oxygen atoms in total. The van der Waals surface area contributed by atoms with Crippen LogP contribution in [0, 0.1) is 0 Å². The van der Waals surface area contributed by atoms with Crippen molar-refractivity contribution in [3.63, 3.8) is 0 Å². The van der Waals surface area contributed by atoms with E-state index in [0.717, 1.165) is 24.6 Å². The molecule has 0 rings (SSSR count). The summed E-state index contributed by atoms with van der Waals surface area (Å²) in [6, 6.07) is 0. The summed E-state index contributed by atoms with van der Waals surface area (Å²) in [5, 5.41) is 0. The Bertz CT molecular complexity index is 52.0. The molecule has 12 heavy (non-hydrogen) atoms. The Morgan fingerprint density at radius 2 is 1.00 bits per heavy atom. The minimum Gasteiger partial charge on any atom is -0.412 e. The van der Waals surface area contributed by atoms with Gasteiger partial charge in [-0.15, -0.1) is 24.8 Å². The molecule has 0 aliphatic carbocycles. The van der Waals surface area contributed by atoms with Crippen molar-refractivity contribution in [1.29, 1.82) is 0 Å². The van der Waals surface area contributed by atoms with Crippen LogP contribution in [0.3, 0.4) is 0 Å². The van der Waals surface area contributed by atoms with Crippen molar-refractivity contribution in [2.75, 3.05) is 24.6 Å². The fourth-order valence-electron chi connectivity index (χ4n) is 0.214. The lowest BCUT2D eigenvalue weighted by Crippen LogP contribution is -2.02. The maximum absolute atomic E-state index is 5.25. The van der Waals surface area contributed by atoms with Crippen LogP contribution >= 0.6 is 46.4 Å². The van der Waals surface area contributed by atoms with Crippen LogP contribution in [0.1, 0.15) is 0 Å². The normalized spacial score (nSPS) is 6.50. The van der Waals surface area contributed by atoms with E-state index in [1.54, 1.807) is 21.6 Å². The summed E-state index contributed by atoms with van der Waals surface area (Å²) >= 11 is 0. The third kappa shape index (κ3) is 30.4. The number of rotatable bonds is 5. The van der Waals surface area contributed by atoms with E-state index in [4.69, 9.17) is 11.5 Å². The first-order valence-corrected chi connectivity index (χ1v) is 5.05. The van der Waals surface area contributed by atoms with Crippen molar-refractivity contribution in [3.8, 4) is 0 Å². The summed E-state index contributed by atoms with van der Waals surface area (Å²) < 4.78 is 0. The zero-order valence-corrected chi connectivity index (χ0v) is 9.88. The number of hydrogen-bond acceptors (Lipinski definition) is 4. The second kappa shape index (κ2) is 29.6. The predicted molar refractivity (Wildman–Crippen MR) is 64.7 cm³/mol. The minimum absolute atomic E-state index is 0. The van der Waals surface area contributed by atoms with Gasteiger partial charge in [-0.2, -0.15) is 0 Å². The standard InChI is InChI=1S/C4H12N2S2.2ClH.2H2O/c5-1-3-7-8-4-2-6;;;;/h1-6H2;2*1H;2*1H2. The average Bonchev–Trinajstić information content (AvgIpc) is 1.81. The Morgan fingerprint density at radius 1 is 0.750 bits per heavy atom. The zero-order valence-electron chi connectivity index (χ0n) is 6.62. The van der Waals surface area contributed by atoms with E-state index in [0.29, 0.717) is 0 Å². The van der Waals surface area contributed by atoms with Crippen LogP contribution in [0.15, 0.2) is 0 Å². The SMILES string of the molecule is Cl.Cl.NCCSSCCN.O.O. The molecule has 0 spiro atoms. The molecule has 8 N–H and O–H groups in total. The van der Waals surface area contributed by atoms with Gasteiger partial charge in [0.1, 0.15) is 0 Å². The van der Waals surface area contributed by atoms with E-state index in [-0.39, 0.29) is 35.8 Å². The molecule has 0 aromatic carbocycles. The molecule has 0 aliphatic heterocycles. The van der Waals surface area contributed by atoms with Gasteiger partial charge in [0, 0.05) is 24.6 Å². The quantitative estimate of drug-likeness (QED) is 0.511. The second-order valence-corrected chi connectivity index (χ2v) is 3.92. The van der Waals surface area contributed by atoms with Crippen LogP contribution < -0.4 is 11.5 Å². The fraction of sp³-hybridized carbons (Fsp3) is 1.00. The first-order chi connectivity index (χ1) is 3.91. The van der Waals surface area contributed by atoms with Crippen LogP contribution in [-0.4, -0.2) is 35.5 Å². The first-order valence-electron chi connectivity index (χ1n) is 2.56. The van der Waals surface area contributed by atoms with E-state index in [1.165, 1.54) is 0 Å². The maximum atomic E-state index is 5.25. The van der Waals surface area contributed by atoms with Crippen molar-refractivity contribution >= 4 is 46.4 Å². The van der Waals surface area contributed by atoms with Gasteiger partial charge >= 0.3 is 0 Å². The number of halogens is 2. The lowest BCUT2D eigenvalue weighted by molar-refractivity contribution is 0.823. The average molecular weight is 261 g/mol. The summed E-state index contributed by atoms with van der Waals surface area (Å²) in [5.41, 5.74) is 10.5. The van der Waals surface area contributed by atoms with Crippen molar-refractivity contribution in [1.82, 2.24) is 0 Å². The van der Waals surface area contributed by atoms with Gasteiger partial charge in [0.15, 0.2) is 0 Å². The molecule has 0 fully saturated rings. The Labute approximate surface area is 93.4 Å². The van der Waals surface area contributed by atoms with E-state index >= 15 is 0 Å². The molecule has 0 radical (unpaired) electrons. The topological polar surface area (TPSA) is 115 Å². The molecule has 0 aromatic rings. The van der Waals surface area contributed by atoms with E-state index in [1.807, 2.05) is 0 Å². The third-order valence-corrected chi connectivity index (χ3v) is 2.96. The van der Waals surface area contributed by atoms with Crippen LogP contribution in [-0.2, 0) is 0 Å². The lowest BCUT2D eigenvalue weighted by Gasteiger charge is -1.93. The van der Waals surface area contributed by atoms with Gasteiger partial charge in [0.25, 0.3) is 0 Å². The summed E-state index contributed by atoms with van der Waals surface area (Å²) in [6.45, 7) is 1.53.